The summed E-state index contributed by atoms with van der Waals surface area (Å²) in [6, 6.07) is 18.2. The highest BCUT2D eigenvalue weighted by Gasteiger charge is 2.29. The van der Waals surface area contributed by atoms with Gasteiger partial charge >= 0.3 is 0 Å². The van der Waals surface area contributed by atoms with E-state index in [0.29, 0.717) is 12.1 Å². The first-order chi connectivity index (χ1) is 9.83. The molecule has 0 unspecified atom stereocenters. The summed E-state index contributed by atoms with van der Waals surface area (Å²) in [6.07, 6.45) is 2.51. The van der Waals surface area contributed by atoms with Crippen LogP contribution < -0.4 is 14.8 Å². The van der Waals surface area contributed by atoms with Crippen LogP contribution in [0.2, 0.25) is 0 Å². The van der Waals surface area contributed by atoms with Crippen LogP contribution in [0.4, 0.5) is 0 Å². The highest BCUT2D eigenvalue weighted by molar-refractivity contribution is 5.35. The molecular formula is C17H19NO2. The van der Waals surface area contributed by atoms with E-state index in [2.05, 4.69) is 5.32 Å². The molecule has 1 N–H and O–H groups in total. The number of hydrogen-bond donors (Lipinski definition) is 1. The summed E-state index contributed by atoms with van der Waals surface area (Å²) in [5.74, 6) is 2.58. The molecule has 1 aliphatic carbocycles. The largest absolute Gasteiger partial charge is 0.490 e. The van der Waals surface area contributed by atoms with Crippen molar-refractivity contribution in [3.05, 3.63) is 54.6 Å². The fraction of sp³-hybridized carbons (Fsp3) is 0.294. The average Bonchev–Trinajstić information content (AvgIpc) is 2.45. The smallest absolute Gasteiger partial charge is 0.127 e. The predicted octanol–water partition coefficient (Wildman–Crippen LogP) is 3.61. The molecule has 104 valence electrons. The zero-order valence-corrected chi connectivity index (χ0v) is 11.6. The Kier molecular flexibility index (Phi) is 3.88. The lowest BCUT2D eigenvalue weighted by Gasteiger charge is -2.35. The van der Waals surface area contributed by atoms with Gasteiger partial charge in [0.25, 0.3) is 0 Å². The summed E-state index contributed by atoms with van der Waals surface area (Å²) in [4.78, 5) is 0. The topological polar surface area (TPSA) is 30.5 Å². The van der Waals surface area contributed by atoms with Crippen molar-refractivity contribution in [1.82, 2.24) is 5.32 Å². The maximum atomic E-state index is 5.89. The van der Waals surface area contributed by atoms with Gasteiger partial charge in [-0.3, -0.25) is 0 Å². The number of benzene rings is 2. The molecule has 0 aliphatic heterocycles. The Morgan fingerprint density at radius 1 is 0.850 bits per heavy atom. The van der Waals surface area contributed by atoms with Gasteiger partial charge < -0.3 is 14.8 Å². The van der Waals surface area contributed by atoms with Gasteiger partial charge in [-0.2, -0.15) is 0 Å². The van der Waals surface area contributed by atoms with Gasteiger partial charge in [0.15, 0.2) is 0 Å². The Labute approximate surface area is 119 Å². The lowest BCUT2D eigenvalue weighted by atomic mass is 9.89. The van der Waals surface area contributed by atoms with E-state index in [4.69, 9.17) is 9.47 Å². The first kappa shape index (κ1) is 13.0. The van der Waals surface area contributed by atoms with Crippen LogP contribution in [-0.2, 0) is 0 Å². The molecule has 3 nitrogen and oxygen atoms in total. The van der Waals surface area contributed by atoms with Crippen LogP contribution in [0.25, 0.3) is 0 Å². The minimum atomic E-state index is 0.341. The first-order valence-corrected chi connectivity index (χ1v) is 7.00. The van der Waals surface area contributed by atoms with Crippen LogP contribution in [0.5, 0.6) is 17.2 Å². The minimum Gasteiger partial charge on any atom is -0.490 e. The standard InChI is InChI=1S/C17H19NO2/c1-18-13-11-17(12-13)20-16-9-7-15(8-10-16)19-14-5-3-2-4-6-14/h2-10,13,17-18H,11-12H2,1H3. The van der Waals surface area contributed by atoms with Crippen LogP contribution in [0.3, 0.4) is 0 Å². The molecule has 1 saturated carbocycles. The summed E-state index contributed by atoms with van der Waals surface area (Å²) in [5, 5.41) is 3.25. The Morgan fingerprint density at radius 2 is 1.45 bits per heavy atom. The number of nitrogens with one attached hydrogen (secondary N) is 1. The number of para-hydroxylation sites is 1. The third kappa shape index (κ3) is 3.11. The molecule has 0 atom stereocenters. The Morgan fingerprint density at radius 3 is 2.10 bits per heavy atom. The van der Waals surface area contributed by atoms with Crippen LogP contribution in [-0.4, -0.2) is 19.2 Å². The molecule has 1 aliphatic rings. The number of rotatable bonds is 5. The fourth-order valence-electron chi connectivity index (χ4n) is 2.30. The highest BCUT2D eigenvalue weighted by atomic mass is 16.5. The van der Waals surface area contributed by atoms with E-state index in [1.807, 2.05) is 61.6 Å². The van der Waals surface area contributed by atoms with E-state index in [1.165, 1.54) is 0 Å². The van der Waals surface area contributed by atoms with E-state index < -0.39 is 0 Å². The monoisotopic (exact) mass is 269 g/mol. The maximum absolute atomic E-state index is 5.89. The van der Waals surface area contributed by atoms with E-state index in [-0.39, 0.29) is 0 Å². The van der Waals surface area contributed by atoms with E-state index in [0.717, 1.165) is 30.1 Å². The third-order valence-corrected chi connectivity index (χ3v) is 3.61. The van der Waals surface area contributed by atoms with Crippen molar-refractivity contribution in [3.8, 4) is 17.2 Å². The van der Waals surface area contributed by atoms with Crippen molar-refractivity contribution in [2.75, 3.05) is 7.05 Å². The molecule has 0 aromatic heterocycles. The van der Waals surface area contributed by atoms with Crippen molar-refractivity contribution >= 4 is 0 Å². The summed E-state index contributed by atoms with van der Waals surface area (Å²) in [7, 11) is 2.00. The fourth-order valence-corrected chi connectivity index (χ4v) is 2.30. The van der Waals surface area contributed by atoms with Crippen LogP contribution >= 0.6 is 0 Å². The van der Waals surface area contributed by atoms with E-state index in [1.54, 1.807) is 0 Å². The molecule has 2 aromatic rings. The van der Waals surface area contributed by atoms with Crippen LogP contribution in [0, 0.1) is 0 Å². The second-order valence-corrected chi connectivity index (χ2v) is 5.08. The molecule has 0 heterocycles. The van der Waals surface area contributed by atoms with Gasteiger partial charge in [-0.05, 0) is 56.3 Å². The SMILES string of the molecule is CNC1CC(Oc2ccc(Oc3ccccc3)cc2)C1. The zero-order chi connectivity index (χ0) is 13.8. The Hall–Kier alpha value is -2.00. The average molecular weight is 269 g/mol. The third-order valence-electron chi connectivity index (χ3n) is 3.61. The van der Waals surface area contributed by atoms with Crippen LogP contribution in [0.1, 0.15) is 12.8 Å². The quantitative estimate of drug-likeness (QED) is 0.899. The minimum absolute atomic E-state index is 0.341. The van der Waals surface area contributed by atoms with Gasteiger partial charge in [-0.25, -0.2) is 0 Å². The summed E-state index contributed by atoms with van der Waals surface area (Å²) < 4.78 is 11.6. The van der Waals surface area contributed by atoms with Gasteiger partial charge in [0.2, 0.25) is 0 Å². The molecule has 2 aromatic carbocycles. The van der Waals surface area contributed by atoms with Crippen molar-refractivity contribution in [3.63, 3.8) is 0 Å². The molecule has 0 amide bonds. The highest BCUT2D eigenvalue weighted by Crippen LogP contribution is 2.28. The predicted molar refractivity (Wildman–Crippen MR) is 79.5 cm³/mol. The van der Waals surface area contributed by atoms with Crippen molar-refractivity contribution in [2.24, 2.45) is 0 Å². The molecule has 0 saturated heterocycles. The lowest BCUT2D eigenvalue weighted by Crippen LogP contribution is -2.45. The van der Waals surface area contributed by atoms with Gasteiger partial charge in [0, 0.05) is 6.04 Å². The Balaban J connectivity index is 1.55. The lowest BCUT2D eigenvalue weighted by molar-refractivity contribution is 0.0884. The van der Waals surface area contributed by atoms with Crippen molar-refractivity contribution in [2.45, 2.75) is 25.0 Å². The molecule has 0 bridgehead atoms. The summed E-state index contributed by atoms with van der Waals surface area (Å²) >= 11 is 0. The van der Waals surface area contributed by atoms with Gasteiger partial charge in [0.05, 0.1) is 0 Å². The molecule has 3 heteroatoms. The molecule has 3 rings (SSSR count). The molecule has 0 radical (unpaired) electrons. The van der Waals surface area contributed by atoms with E-state index >= 15 is 0 Å². The van der Waals surface area contributed by atoms with Crippen LogP contribution in [0.15, 0.2) is 54.6 Å². The molecule has 1 fully saturated rings. The summed E-state index contributed by atoms with van der Waals surface area (Å²) in [5.41, 5.74) is 0. The first-order valence-electron chi connectivity index (χ1n) is 7.00. The normalized spacial score (nSPS) is 21.1. The van der Waals surface area contributed by atoms with Crippen molar-refractivity contribution in [1.29, 1.82) is 0 Å². The number of hydrogen-bond acceptors (Lipinski definition) is 3. The van der Waals surface area contributed by atoms with Gasteiger partial charge in [-0.15, -0.1) is 0 Å². The van der Waals surface area contributed by atoms with Gasteiger partial charge in [0.1, 0.15) is 23.4 Å². The number of ether oxygens (including phenoxy) is 2. The van der Waals surface area contributed by atoms with Gasteiger partial charge in [-0.1, -0.05) is 18.2 Å². The maximum Gasteiger partial charge on any atom is 0.127 e. The zero-order valence-electron chi connectivity index (χ0n) is 11.6. The summed E-state index contributed by atoms with van der Waals surface area (Å²) in [6.45, 7) is 0. The molecule has 20 heavy (non-hydrogen) atoms. The second kappa shape index (κ2) is 5.97. The van der Waals surface area contributed by atoms with Crippen molar-refractivity contribution < 1.29 is 9.47 Å². The molecular weight excluding hydrogens is 250 g/mol. The Bertz CT molecular complexity index is 533. The molecule has 0 spiro atoms. The van der Waals surface area contributed by atoms with E-state index in [9.17, 15) is 0 Å². The second-order valence-electron chi connectivity index (χ2n) is 5.08.